The molecule has 0 unspecified atom stereocenters. The molecule has 0 saturated heterocycles. The SMILES string of the molecule is CN(C)CC[C@H]1CN(Cc2cccc3[nH]ccc23)Cc2cncn21. The van der Waals surface area contributed by atoms with Crippen molar-refractivity contribution in [3.8, 4) is 0 Å². The van der Waals surface area contributed by atoms with Crippen LogP contribution in [0.15, 0.2) is 43.0 Å². The summed E-state index contributed by atoms with van der Waals surface area (Å²) in [5.74, 6) is 0. The molecular weight excluding hydrogens is 298 g/mol. The van der Waals surface area contributed by atoms with E-state index in [9.17, 15) is 0 Å². The number of imidazole rings is 1. The molecule has 1 N–H and O–H groups in total. The van der Waals surface area contributed by atoms with Crippen molar-refractivity contribution in [2.24, 2.45) is 0 Å². The molecule has 4 rings (SSSR count). The van der Waals surface area contributed by atoms with Crippen molar-refractivity contribution in [3.05, 3.63) is 54.2 Å². The summed E-state index contributed by atoms with van der Waals surface area (Å²) in [5, 5.41) is 1.33. The zero-order chi connectivity index (χ0) is 16.5. The van der Waals surface area contributed by atoms with Gasteiger partial charge in [0.1, 0.15) is 0 Å². The lowest BCUT2D eigenvalue weighted by Gasteiger charge is -2.35. The average molecular weight is 323 g/mol. The summed E-state index contributed by atoms with van der Waals surface area (Å²) in [6.45, 7) is 4.14. The van der Waals surface area contributed by atoms with E-state index in [-0.39, 0.29) is 0 Å². The molecule has 3 aromatic rings. The Bertz CT molecular complexity index is 816. The highest BCUT2D eigenvalue weighted by atomic mass is 15.2. The molecule has 0 aliphatic carbocycles. The minimum atomic E-state index is 0.504. The van der Waals surface area contributed by atoms with Crippen LogP contribution < -0.4 is 0 Å². The summed E-state index contributed by atoms with van der Waals surface area (Å²) in [6, 6.07) is 9.22. The van der Waals surface area contributed by atoms with Gasteiger partial charge in [0.05, 0.1) is 12.0 Å². The second kappa shape index (κ2) is 6.42. The number of hydrogen-bond acceptors (Lipinski definition) is 3. The monoisotopic (exact) mass is 323 g/mol. The van der Waals surface area contributed by atoms with Gasteiger partial charge in [0.2, 0.25) is 0 Å². The molecule has 1 aromatic carbocycles. The van der Waals surface area contributed by atoms with Crippen LogP contribution in [-0.4, -0.2) is 51.5 Å². The quantitative estimate of drug-likeness (QED) is 0.785. The Hall–Kier alpha value is -2.11. The van der Waals surface area contributed by atoms with E-state index in [0.717, 1.165) is 32.6 Å². The molecule has 1 aliphatic heterocycles. The lowest BCUT2D eigenvalue weighted by atomic mass is 10.1. The first kappa shape index (κ1) is 15.4. The standard InChI is InChI=1S/C19H25N5/c1-22(2)9-7-16-12-23(13-17-10-20-14-24(16)17)11-15-4-3-5-19-18(15)6-8-21-19/h3-6,8,10,14,16,21H,7,9,11-13H2,1-2H3/t16-/m0/s1. The Labute approximate surface area is 142 Å². The van der Waals surface area contributed by atoms with Crippen molar-refractivity contribution in [2.45, 2.75) is 25.6 Å². The van der Waals surface area contributed by atoms with E-state index in [1.165, 1.54) is 22.2 Å². The van der Waals surface area contributed by atoms with Crippen LogP contribution in [0.3, 0.4) is 0 Å². The first-order valence-corrected chi connectivity index (χ1v) is 8.63. The normalized spacial score (nSPS) is 18.4. The molecule has 5 nitrogen and oxygen atoms in total. The van der Waals surface area contributed by atoms with Gasteiger partial charge in [-0.05, 0) is 44.8 Å². The second-order valence-electron chi connectivity index (χ2n) is 7.06. The minimum Gasteiger partial charge on any atom is -0.361 e. The summed E-state index contributed by atoms with van der Waals surface area (Å²) >= 11 is 0. The summed E-state index contributed by atoms with van der Waals surface area (Å²) in [7, 11) is 4.28. The number of aromatic amines is 1. The molecule has 24 heavy (non-hydrogen) atoms. The zero-order valence-corrected chi connectivity index (χ0v) is 14.4. The number of rotatable bonds is 5. The number of benzene rings is 1. The topological polar surface area (TPSA) is 40.1 Å². The van der Waals surface area contributed by atoms with Gasteiger partial charge in [-0.15, -0.1) is 0 Å². The van der Waals surface area contributed by atoms with Crippen molar-refractivity contribution < 1.29 is 0 Å². The van der Waals surface area contributed by atoms with E-state index in [1.54, 1.807) is 0 Å². The number of aromatic nitrogens is 3. The van der Waals surface area contributed by atoms with E-state index < -0.39 is 0 Å². The molecule has 1 atom stereocenters. The van der Waals surface area contributed by atoms with Crippen LogP contribution in [0.4, 0.5) is 0 Å². The maximum absolute atomic E-state index is 4.38. The van der Waals surface area contributed by atoms with Crippen LogP contribution in [0.5, 0.6) is 0 Å². The maximum Gasteiger partial charge on any atom is 0.0951 e. The minimum absolute atomic E-state index is 0.504. The Morgan fingerprint density at radius 3 is 3.08 bits per heavy atom. The molecular formula is C19H25N5. The summed E-state index contributed by atoms with van der Waals surface area (Å²) in [5.41, 5.74) is 3.94. The van der Waals surface area contributed by atoms with Crippen LogP contribution in [0.2, 0.25) is 0 Å². The summed E-state index contributed by atoms with van der Waals surface area (Å²) < 4.78 is 2.37. The van der Waals surface area contributed by atoms with Crippen LogP contribution in [0.25, 0.3) is 10.9 Å². The van der Waals surface area contributed by atoms with Gasteiger partial charge in [-0.2, -0.15) is 0 Å². The van der Waals surface area contributed by atoms with Gasteiger partial charge >= 0.3 is 0 Å². The number of hydrogen-bond donors (Lipinski definition) is 1. The molecule has 5 heteroatoms. The lowest BCUT2D eigenvalue weighted by molar-refractivity contribution is 0.165. The van der Waals surface area contributed by atoms with Crippen LogP contribution in [-0.2, 0) is 13.1 Å². The number of H-pyrrole nitrogens is 1. The third-order valence-electron chi connectivity index (χ3n) is 4.98. The molecule has 1 aliphatic rings. The highest BCUT2D eigenvalue weighted by Crippen LogP contribution is 2.26. The Morgan fingerprint density at radius 2 is 2.21 bits per heavy atom. The van der Waals surface area contributed by atoms with Gasteiger partial charge in [0, 0.05) is 49.0 Å². The van der Waals surface area contributed by atoms with Crippen molar-refractivity contribution in [2.75, 3.05) is 27.2 Å². The summed E-state index contributed by atoms with van der Waals surface area (Å²) in [6.07, 6.45) is 7.20. The molecule has 0 spiro atoms. The number of nitrogens with zero attached hydrogens (tertiary/aromatic N) is 4. The van der Waals surface area contributed by atoms with Crippen molar-refractivity contribution in [1.82, 2.24) is 24.3 Å². The van der Waals surface area contributed by atoms with E-state index in [1.807, 2.05) is 18.7 Å². The number of fused-ring (bicyclic) bond motifs is 2. The molecule has 3 heterocycles. The molecule has 0 fully saturated rings. The highest BCUT2D eigenvalue weighted by Gasteiger charge is 2.25. The van der Waals surface area contributed by atoms with Crippen molar-refractivity contribution in [3.63, 3.8) is 0 Å². The third-order valence-corrected chi connectivity index (χ3v) is 4.98. The molecule has 0 bridgehead atoms. The van der Waals surface area contributed by atoms with Gasteiger partial charge < -0.3 is 14.5 Å². The molecule has 2 aromatic heterocycles. The lowest BCUT2D eigenvalue weighted by Crippen LogP contribution is -2.37. The van der Waals surface area contributed by atoms with Crippen LogP contribution >= 0.6 is 0 Å². The fraction of sp³-hybridized carbons (Fsp3) is 0.421. The van der Waals surface area contributed by atoms with Crippen molar-refractivity contribution in [1.29, 1.82) is 0 Å². The molecule has 126 valence electrons. The summed E-state index contributed by atoms with van der Waals surface area (Å²) in [4.78, 5) is 12.5. The van der Waals surface area contributed by atoms with E-state index >= 15 is 0 Å². The van der Waals surface area contributed by atoms with Crippen molar-refractivity contribution >= 4 is 10.9 Å². The van der Waals surface area contributed by atoms with Crippen LogP contribution in [0.1, 0.15) is 23.7 Å². The molecule has 0 radical (unpaired) electrons. The first-order valence-electron chi connectivity index (χ1n) is 8.63. The first-order chi connectivity index (χ1) is 11.7. The maximum atomic E-state index is 4.38. The average Bonchev–Trinajstić information content (AvgIpc) is 3.21. The largest absolute Gasteiger partial charge is 0.361 e. The Morgan fingerprint density at radius 1 is 1.29 bits per heavy atom. The van der Waals surface area contributed by atoms with Gasteiger partial charge in [0.15, 0.2) is 0 Å². The Balaban J connectivity index is 1.55. The van der Waals surface area contributed by atoms with E-state index in [4.69, 9.17) is 0 Å². The van der Waals surface area contributed by atoms with E-state index in [2.05, 4.69) is 62.7 Å². The zero-order valence-electron chi connectivity index (χ0n) is 14.4. The third kappa shape index (κ3) is 2.97. The molecule has 0 saturated carbocycles. The fourth-order valence-electron chi connectivity index (χ4n) is 3.75. The van der Waals surface area contributed by atoms with E-state index in [0.29, 0.717) is 6.04 Å². The van der Waals surface area contributed by atoms with Gasteiger partial charge in [-0.1, -0.05) is 12.1 Å². The highest BCUT2D eigenvalue weighted by molar-refractivity contribution is 5.82. The second-order valence-corrected chi connectivity index (χ2v) is 7.06. The Kier molecular flexibility index (Phi) is 4.12. The number of nitrogens with one attached hydrogen (secondary N) is 1. The molecule has 0 amide bonds. The predicted molar refractivity (Wildman–Crippen MR) is 96.8 cm³/mol. The predicted octanol–water partition coefficient (Wildman–Crippen LogP) is 2.87. The van der Waals surface area contributed by atoms with Gasteiger partial charge in [-0.25, -0.2) is 4.98 Å². The smallest absolute Gasteiger partial charge is 0.0951 e. The van der Waals surface area contributed by atoms with Gasteiger partial charge in [0.25, 0.3) is 0 Å². The van der Waals surface area contributed by atoms with Crippen LogP contribution in [0, 0.1) is 0 Å². The van der Waals surface area contributed by atoms with Gasteiger partial charge in [-0.3, -0.25) is 4.90 Å². The fourth-order valence-corrected chi connectivity index (χ4v) is 3.75.